The van der Waals surface area contributed by atoms with E-state index in [0.29, 0.717) is 12.0 Å². The van der Waals surface area contributed by atoms with Crippen LogP contribution in [0.2, 0.25) is 0 Å². The number of hydrogen-bond acceptors (Lipinski definition) is 5. The van der Waals surface area contributed by atoms with E-state index in [1.54, 1.807) is 24.3 Å². The molecule has 5 nitrogen and oxygen atoms in total. The Bertz CT molecular complexity index is 1310. The number of Topliss-reactive ketones (excluding diaryl/α,β-unsaturated/α-hetero) is 4. The number of carbonyl (C=O) groups excluding carboxylic acids is 4. The lowest BCUT2D eigenvalue weighted by Gasteiger charge is -2.71. The van der Waals surface area contributed by atoms with Crippen LogP contribution in [0.3, 0.4) is 0 Å². The molecule has 0 radical (unpaired) electrons. The summed E-state index contributed by atoms with van der Waals surface area (Å²) in [6.07, 6.45) is 4.34. The number of rotatable bonds is 7. The second-order valence-electron chi connectivity index (χ2n) is 13.7. The number of hydrogen-bond donors (Lipinski definition) is 0. The molecule has 0 amide bonds. The molecule has 0 aromatic heterocycles. The predicted octanol–water partition coefficient (Wildman–Crippen LogP) is 6.12. The summed E-state index contributed by atoms with van der Waals surface area (Å²) >= 11 is 0. The lowest BCUT2D eigenvalue weighted by atomic mass is 9.26. The zero-order chi connectivity index (χ0) is 28.1. The van der Waals surface area contributed by atoms with Gasteiger partial charge >= 0.3 is 0 Å². The maximum atomic E-state index is 15.2. The van der Waals surface area contributed by atoms with E-state index in [-0.39, 0.29) is 30.6 Å². The molecule has 38 heavy (non-hydrogen) atoms. The summed E-state index contributed by atoms with van der Waals surface area (Å²) < 4.78 is 6.18. The Morgan fingerprint density at radius 1 is 0.868 bits per heavy atom. The highest BCUT2D eigenvalue weighted by Gasteiger charge is 2.88. The SMILES string of the molecule is CC(C)=CC[C@@]12C[C@H]3[C@H]([C@H]4OC4(C)C)[C@@](CC=C(C)C)(C1=O)C(=O)[C@@](C(=O)c1ccccc1)(C2=O)C3(C)C. The third kappa shape index (κ3) is 3.08. The molecule has 5 heteroatoms. The van der Waals surface area contributed by atoms with Crippen LogP contribution in [0.25, 0.3) is 0 Å². The van der Waals surface area contributed by atoms with Gasteiger partial charge in [0, 0.05) is 11.5 Å². The summed E-state index contributed by atoms with van der Waals surface area (Å²) in [6, 6.07) is 8.67. The molecule has 1 aromatic carbocycles. The van der Waals surface area contributed by atoms with Crippen LogP contribution in [0.1, 0.15) is 85.0 Å². The van der Waals surface area contributed by atoms with Crippen LogP contribution in [-0.2, 0) is 19.1 Å². The van der Waals surface area contributed by atoms with E-state index in [1.165, 1.54) is 0 Å². The van der Waals surface area contributed by atoms with Crippen LogP contribution in [0.15, 0.2) is 53.6 Å². The largest absolute Gasteiger partial charge is 0.366 e. The van der Waals surface area contributed by atoms with E-state index in [2.05, 4.69) is 0 Å². The zero-order valence-electron chi connectivity index (χ0n) is 23.9. The minimum Gasteiger partial charge on any atom is -0.366 e. The van der Waals surface area contributed by atoms with E-state index in [0.717, 1.165) is 11.1 Å². The Hall–Kier alpha value is -2.66. The number of ether oxygens (including phenoxy) is 1. The van der Waals surface area contributed by atoms with Crippen molar-refractivity contribution < 1.29 is 23.9 Å². The van der Waals surface area contributed by atoms with Gasteiger partial charge in [0.15, 0.2) is 28.5 Å². The highest BCUT2D eigenvalue weighted by atomic mass is 16.6. The normalized spacial score (nSPS) is 37.7. The quantitative estimate of drug-likeness (QED) is 0.189. The third-order valence-electron chi connectivity index (χ3n) is 10.3. The molecule has 5 fully saturated rings. The maximum absolute atomic E-state index is 15.2. The average Bonchev–Trinajstić information content (AvgIpc) is 3.48. The summed E-state index contributed by atoms with van der Waals surface area (Å²) in [5, 5.41) is 0. The minimum atomic E-state index is -1.92. The molecule has 1 aliphatic heterocycles. The number of allylic oxidation sites excluding steroid dienone is 4. The third-order valence-corrected chi connectivity index (χ3v) is 10.3. The van der Waals surface area contributed by atoms with Gasteiger partial charge in [-0.25, -0.2) is 0 Å². The lowest BCUT2D eigenvalue weighted by molar-refractivity contribution is -0.215. The van der Waals surface area contributed by atoms with Gasteiger partial charge in [-0.1, -0.05) is 67.5 Å². The molecular formula is C33H40O5. The summed E-state index contributed by atoms with van der Waals surface area (Å²) in [4.78, 5) is 59.5. The van der Waals surface area contributed by atoms with Crippen LogP contribution < -0.4 is 0 Å². The van der Waals surface area contributed by atoms with Gasteiger partial charge in [0.2, 0.25) is 0 Å². The number of epoxide rings is 1. The predicted molar refractivity (Wildman–Crippen MR) is 146 cm³/mol. The van der Waals surface area contributed by atoms with Gasteiger partial charge in [-0.3, -0.25) is 19.2 Å². The van der Waals surface area contributed by atoms with Crippen LogP contribution in [0.4, 0.5) is 0 Å². The van der Waals surface area contributed by atoms with Crippen LogP contribution >= 0.6 is 0 Å². The fourth-order valence-electron chi connectivity index (χ4n) is 8.24. The minimum absolute atomic E-state index is 0.188. The van der Waals surface area contributed by atoms with Crippen molar-refractivity contribution in [1.29, 1.82) is 0 Å². The molecule has 0 spiro atoms. The summed E-state index contributed by atoms with van der Waals surface area (Å²) in [5.41, 5.74) is -3.94. The van der Waals surface area contributed by atoms with Gasteiger partial charge in [0.1, 0.15) is 0 Å². The molecule has 5 aliphatic rings. The summed E-state index contributed by atoms with van der Waals surface area (Å²) in [6.45, 7) is 15.6. The Balaban J connectivity index is 1.86. The van der Waals surface area contributed by atoms with Crippen molar-refractivity contribution in [2.24, 2.45) is 33.5 Å². The molecule has 4 aliphatic carbocycles. The highest BCUT2D eigenvalue weighted by molar-refractivity contribution is 6.42. The second-order valence-corrected chi connectivity index (χ2v) is 13.7. The van der Waals surface area contributed by atoms with Gasteiger partial charge in [-0.05, 0) is 72.1 Å². The Morgan fingerprint density at radius 3 is 1.95 bits per heavy atom. The van der Waals surface area contributed by atoms with Crippen molar-refractivity contribution >= 4 is 23.1 Å². The Morgan fingerprint density at radius 2 is 1.42 bits per heavy atom. The first-order valence-electron chi connectivity index (χ1n) is 13.8. The molecule has 4 bridgehead atoms. The maximum Gasteiger partial charge on any atom is 0.184 e. The fourth-order valence-corrected chi connectivity index (χ4v) is 8.24. The summed E-state index contributed by atoms with van der Waals surface area (Å²) in [7, 11) is 0. The van der Waals surface area contributed by atoms with Crippen molar-refractivity contribution in [1.82, 2.24) is 0 Å². The van der Waals surface area contributed by atoms with Gasteiger partial charge in [-0.15, -0.1) is 0 Å². The van der Waals surface area contributed by atoms with Gasteiger partial charge < -0.3 is 4.74 Å². The van der Waals surface area contributed by atoms with Gasteiger partial charge in [0.25, 0.3) is 0 Å². The number of ketones is 4. The van der Waals surface area contributed by atoms with E-state index >= 15 is 4.79 Å². The van der Waals surface area contributed by atoms with Crippen LogP contribution in [-0.4, -0.2) is 34.8 Å². The van der Waals surface area contributed by atoms with Crippen molar-refractivity contribution in [2.45, 2.75) is 86.4 Å². The van der Waals surface area contributed by atoms with Crippen molar-refractivity contribution in [3.05, 3.63) is 59.2 Å². The monoisotopic (exact) mass is 516 g/mol. The lowest BCUT2D eigenvalue weighted by Crippen LogP contribution is -2.84. The second kappa shape index (κ2) is 8.17. The first kappa shape index (κ1) is 26.9. The molecular weight excluding hydrogens is 476 g/mol. The average molecular weight is 517 g/mol. The molecule has 1 heterocycles. The Labute approximate surface area is 226 Å². The topological polar surface area (TPSA) is 80.8 Å². The van der Waals surface area contributed by atoms with Gasteiger partial charge in [0.05, 0.1) is 22.5 Å². The Kier molecular flexibility index (Phi) is 5.79. The fraction of sp³-hybridized carbons (Fsp3) is 0.576. The highest BCUT2D eigenvalue weighted by Crippen LogP contribution is 2.77. The van der Waals surface area contributed by atoms with Gasteiger partial charge in [-0.2, -0.15) is 0 Å². The molecule has 1 saturated heterocycles. The van der Waals surface area contributed by atoms with E-state index in [9.17, 15) is 14.4 Å². The standard InChI is InChI=1S/C33H40O5/c1-19(2)14-16-31-18-22-23(25-30(7,8)38-25)32(26(31)35,17-15-20(3)4)28(37)33(27(31)36,29(22,5)6)24(34)21-12-10-9-11-13-21/h9-15,22-23,25H,16-18H2,1-8H3/t22-,23+,25+,31+,32-,33+/m0/s1. The van der Waals surface area contributed by atoms with Crippen molar-refractivity contribution in [3.63, 3.8) is 0 Å². The first-order valence-corrected chi connectivity index (χ1v) is 13.8. The molecule has 6 rings (SSSR count). The molecule has 0 N–H and O–H groups in total. The first-order chi connectivity index (χ1) is 17.6. The molecule has 202 valence electrons. The summed E-state index contributed by atoms with van der Waals surface area (Å²) in [5.74, 6) is -2.37. The number of benzene rings is 1. The van der Waals surface area contributed by atoms with Crippen LogP contribution in [0.5, 0.6) is 0 Å². The molecule has 4 saturated carbocycles. The van der Waals surface area contributed by atoms with Crippen molar-refractivity contribution in [3.8, 4) is 0 Å². The molecule has 0 unspecified atom stereocenters. The van der Waals surface area contributed by atoms with Crippen molar-refractivity contribution in [2.75, 3.05) is 0 Å². The van der Waals surface area contributed by atoms with Crippen LogP contribution in [0, 0.1) is 33.5 Å². The van der Waals surface area contributed by atoms with E-state index in [4.69, 9.17) is 4.74 Å². The number of carbonyl (C=O) groups is 4. The smallest absolute Gasteiger partial charge is 0.184 e. The van der Waals surface area contributed by atoms with E-state index in [1.807, 2.05) is 73.6 Å². The molecule has 6 atom stereocenters. The molecule has 1 aromatic rings. The zero-order valence-corrected chi connectivity index (χ0v) is 23.9. The van der Waals surface area contributed by atoms with E-state index < -0.39 is 50.5 Å².